The van der Waals surface area contributed by atoms with Crippen molar-refractivity contribution in [1.29, 1.82) is 0 Å². The molecule has 5 rings (SSSR count). The average molecular weight is 522 g/mol. The SMILES string of the molecule is CN1CCCC1CCc1cc(C(F)(F)F)cc2sc(NCc3ccc(-c4noc(=O)[nH]4)c(F)c3)nc12. The van der Waals surface area contributed by atoms with Gasteiger partial charge in [-0.2, -0.15) is 13.2 Å². The van der Waals surface area contributed by atoms with Crippen molar-refractivity contribution >= 4 is 26.7 Å². The van der Waals surface area contributed by atoms with Crippen LogP contribution in [0.3, 0.4) is 0 Å². The number of rotatable bonds is 7. The highest BCUT2D eigenvalue weighted by Gasteiger charge is 2.32. The summed E-state index contributed by atoms with van der Waals surface area (Å²) in [5, 5.41) is 7.02. The van der Waals surface area contributed by atoms with E-state index in [1.165, 1.54) is 18.2 Å². The summed E-state index contributed by atoms with van der Waals surface area (Å²) in [5.74, 6) is -1.40. The first-order valence-electron chi connectivity index (χ1n) is 11.5. The van der Waals surface area contributed by atoms with Gasteiger partial charge in [0.1, 0.15) is 5.82 Å². The zero-order valence-electron chi connectivity index (χ0n) is 19.3. The quantitative estimate of drug-likeness (QED) is 0.315. The lowest BCUT2D eigenvalue weighted by molar-refractivity contribution is -0.137. The predicted molar refractivity (Wildman–Crippen MR) is 128 cm³/mol. The van der Waals surface area contributed by atoms with Crippen molar-refractivity contribution in [1.82, 2.24) is 20.0 Å². The van der Waals surface area contributed by atoms with Gasteiger partial charge in [0.15, 0.2) is 11.0 Å². The molecule has 36 heavy (non-hydrogen) atoms. The lowest BCUT2D eigenvalue weighted by Gasteiger charge is -2.19. The summed E-state index contributed by atoms with van der Waals surface area (Å²) >= 11 is 1.14. The van der Waals surface area contributed by atoms with Crippen LogP contribution in [0.1, 0.15) is 36.0 Å². The maximum atomic E-state index is 14.5. The first-order valence-corrected chi connectivity index (χ1v) is 12.3. The van der Waals surface area contributed by atoms with Gasteiger partial charge >= 0.3 is 11.9 Å². The third-order valence-electron chi connectivity index (χ3n) is 6.49. The maximum Gasteiger partial charge on any atom is 0.439 e. The summed E-state index contributed by atoms with van der Waals surface area (Å²) in [7, 11) is 2.05. The zero-order chi connectivity index (χ0) is 25.4. The Morgan fingerprint density at radius 2 is 2.11 bits per heavy atom. The Balaban J connectivity index is 1.36. The monoisotopic (exact) mass is 521 g/mol. The molecule has 0 amide bonds. The number of nitrogens with zero attached hydrogens (tertiary/aromatic N) is 3. The standard InChI is InChI=1S/C24H23F4N5O2S/c1-33-8-2-3-16(33)6-5-14-10-15(24(26,27)28)11-19-20(14)30-22(36-19)29-12-13-4-7-17(18(25)9-13)21-31-23(34)35-32-21/h4,7,9-11,16H,2-3,5-6,8,12H2,1H3,(H,29,30)(H,31,32,34). The molecular formula is C24H23F4N5O2S. The molecule has 2 aromatic heterocycles. The van der Waals surface area contributed by atoms with Crippen molar-refractivity contribution in [3.63, 3.8) is 0 Å². The van der Waals surface area contributed by atoms with E-state index in [1.54, 1.807) is 6.07 Å². The van der Waals surface area contributed by atoms with Gasteiger partial charge < -0.3 is 10.2 Å². The van der Waals surface area contributed by atoms with E-state index in [0.717, 1.165) is 43.2 Å². The highest BCUT2D eigenvalue weighted by molar-refractivity contribution is 7.22. The van der Waals surface area contributed by atoms with Crippen molar-refractivity contribution in [2.45, 2.75) is 44.4 Å². The molecule has 0 spiro atoms. The second-order valence-corrected chi connectivity index (χ2v) is 9.96. The molecule has 190 valence electrons. The van der Waals surface area contributed by atoms with Crippen LogP contribution in [0, 0.1) is 5.82 Å². The molecule has 7 nitrogen and oxygen atoms in total. The summed E-state index contributed by atoms with van der Waals surface area (Å²) in [6.07, 6.45) is -1.02. The van der Waals surface area contributed by atoms with Crippen LogP contribution in [-0.4, -0.2) is 39.7 Å². The molecular weight excluding hydrogens is 498 g/mol. The number of aromatic nitrogens is 3. The van der Waals surface area contributed by atoms with E-state index in [1.807, 2.05) is 7.05 Å². The number of hydrogen-bond acceptors (Lipinski definition) is 7. The highest BCUT2D eigenvalue weighted by Crippen LogP contribution is 2.37. The highest BCUT2D eigenvalue weighted by atomic mass is 32.1. The van der Waals surface area contributed by atoms with Gasteiger partial charge in [0, 0.05) is 12.6 Å². The maximum absolute atomic E-state index is 14.5. The van der Waals surface area contributed by atoms with Crippen molar-refractivity contribution in [2.24, 2.45) is 0 Å². The van der Waals surface area contributed by atoms with Crippen molar-refractivity contribution in [3.8, 4) is 11.4 Å². The molecule has 0 radical (unpaired) electrons. The van der Waals surface area contributed by atoms with Gasteiger partial charge in [0.2, 0.25) is 0 Å². The number of aromatic amines is 1. The summed E-state index contributed by atoms with van der Waals surface area (Å²) in [6.45, 7) is 1.21. The smallest absolute Gasteiger partial charge is 0.357 e. The molecule has 0 saturated carbocycles. The summed E-state index contributed by atoms with van der Waals surface area (Å²) in [5.41, 5.74) is 1.14. The topological polar surface area (TPSA) is 87.0 Å². The minimum Gasteiger partial charge on any atom is -0.357 e. The Kier molecular flexibility index (Phi) is 6.56. The number of likely N-dealkylation sites (tertiary alicyclic amines) is 1. The number of thiazole rings is 1. The van der Waals surface area contributed by atoms with E-state index in [9.17, 15) is 22.4 Å². The minimum absolute atomic E-state index is 0.0139. The van der Waals surface area contributed by atoms with Gasteiger partial charge in [0.05, 0.1) is 21.3 Å². The molecule has 12 heteroatoms. The Hall–Kier alpha value is -3.25. The van der Waals surface area contributed by atoms with Crippen LogP contribution in [0.15, 0.2) is 39.6 Å². The van der Waals surface area contributed by atoms with Crippen LogP contribution in [0.2, 0.25) is 0 Å². The van der Waals surface area contributed by atoms with Gasteiger partial charge in [-0.05, 0) is 74.7 Å². The third kappa shape index (κ3) is 5.14. The predicted octanol–water partition coefficient (Wildman–Crippen LogP) is 5.44. The fourth-order valence-electron chi connectivity index (χ4n) is 4.58. The van der Waals surface area contributed by atoms with E-state index < -0.39 is 23.3 Å². The summed E-state index contributed by atoms with van der Waals surface area (Å²) in [4.78, 5) is 20.2. The van der Waals surface area contributed by atoms with Crippen LogP contribution < -0.4 is 11.1 Å². The van der Waals surface area contributed by atoms with Crippen molar-refractivity contribution < 1.29 is 22.1 Å². The molecule has 1 aliphatic heterocycles. The molecule has 2 aromatic carbocycles. The van der Waals surface area contributed by atoms with Crippen molar-refractivity contribution in [2.75, 3.05) is 18.9 Å². The number of H-pyrrole nitrogens is 1. The number of alkyl halides is 3. The lowest BCUT2D eigenvalue weighted by Crippen LogP contribution is -2.25. The van der Waals surface area contributed by atoms with Crippen LogP contribution in [0.5, 0.6) is 0 Å². The van der Waals surface area contributed by atoms with Gasteiger partial charge in [-0.25, -0.2) is 14.2 Å². The number of halogens is 4. The number of benzene rings is 2. The van der Waals surface area contributed by atoms with Crippen LogP contribution in [0.4, 0.5) is 22.7 Å². The number of nitrogens with one attached hydrogen (secondary N) is 2. The van der Waals surface area contributed by atoms with Gasteiger partial charge in [-0.15, -0.1) is 0 Å². The molecule has 0 bridgehead atoms. The number of hydrogen-bond donors (Lipinski definition) is 2. The summed E-state index contributed by atoms with van der Waals surface area (Å²) < 4.78 is 60.1. The fraction of sp³-hybridized carbons (Fsp3) is 0.375. The van der Waals surface area contributed by atoms with E-state index in [0.29, 0.717) is 38.9 Å². The zero-order valence-corrected chi connectivity index (χ0v) is 20.1. The fourth-order valence-corrected chi connectivity index (χ4v) is 5.53. The Bertz CT molecular complexity index is 1440. The van der Waals surface area contributed by atoms with Gasteiger partial charge in [0.25, 0.3) is 0 Å². The van der Waals surface area contributed by atoms with Crippen LogP contribution >= 0.6 is 11.3 Å². The Morgan fingerprint density at radius 3 is 2.78 bits per heavy atom. The normalized spacial score (nSPS) is 16.8. The first-order chi connectivity index (χ1) is 17.2. The molecule has 1 aliphatic rings. The number of aryl methyl sites for hydroxylation is 1. The number of anilines is 1. The van der Waals surface area contributed by atoms with E-state index >= 15 is 0 Å². The molecule has 1 saturated heterocycles. The molecule has 2 N–H and O–H groups in total. The van der Waals surface area contributed by atoms with Gasteiger partial charge in [-0.1, -0.05) is 22.6 Å². The third-order valence-corrected chi connectivity index (χ3v) is 7.45. The average Bonchev–Trinajstić information content (AvgIpc) is 3.55. The Morgan fingerprint density at radius 1 is 1.28 bits per heavy atom. The minimum atomic E-state index is -4.45. The van der Waals surface area contributed by atoms with Crippen LogP contribution in [-0.2, 0) is 19.1 Å². The lowest BCUT2D eigenvalue weighted by atomic mass is 10.0. The van der Waals surface area contributed by atoms with Crippen LogP contribution in [0.25, 0.3) is 21.6 Å². The molecule has 1 fully saturated rings. The second-order valence-electron chi connectivity index (χ2n) is 8.93. The molecule has 1 atom stereocenters. The van der Waals surface area contributed by atoms with E-state index in [2.05, 4.69) is 29.9 Å². The molecule has 4 aromatic rings. The first kappa shape index (κ1) is 24.4. The summed E-state index contributed by atoms with van der Waals surface area (Å²) in [6, 6.07) is 7.11. The second kappa shape index (κ2) is 9.66. The van der Waals surface area contributed by atoms with Gasteiger partial charge in [-0.3, -0.25) is 9.51 Å². The van der Waals surface area contributed by atoms with E-state index in [-0.39, 0.29) is 17.9 Å². The molecule has 0 aliphatic carbocycles. The Labute approximate surface area is 207 Å². The van der Waals surface area contributed by atoms with Crippen molar-refractivity contribution in [3.05, 3.63) is 63.4 Å². The number of fused-ring (bicyclic) bond motifs is 1. The van der Waals surface area contributed by atoms with E-state index in [4.69, 9.17) is 0 Å². The largest absolute Gasteiger partial charge is 0.439 e. The molecule has 1 unspecified atom stereocenters. The molecule has 3 heterocycles.